The molecule has 0 atom stereocenters. The number of aryl methyl sites for hydroxylation is 1. The van der Waals surface area contributed by atoms with E-state index in [1.807, 2.05) is 12.1 Å². The number of nitrogens with one attached hydrogen (secondary N) is 1. The zero-order valence-corrected chi connectivity index (χ0v) is 13.5. The van der Waals surface area contributed by atoms with Crippen molar-refractivity contribution in [2.45, 2.75) is 6.92 Å². The van der Waals surface area contributed by atoms with Gasteiger partial charge in [0.1, 0.15) is 0 Å². The maximum atomic E-state index is 12.2. The van der Waals surface area contributed by atoms with Crippen molar-refractivity contribution in [1.82, 2.24) is 4.98 Å². The van der Waals surface area contributed by atoms with Crippen LogP contribution < -0.4 is 11.1 Å². The Labute approximate surface area is 136 Å². The van der Waals surface area contributed by atoms with E-state index < -0.39 is 0 Å². The van der Waals surface area contributed by atoms with Gasteiger partial charge < -0.3 is 11.1 Å². The number of allylic oxidation sites excluding steroid dienone is 1. The lowest BCUT2D eigenvalue weighted by Gasteiger charge is -1.95. The van der Waals surface area contributed by atoms with E-state index in [0.29, 0.717) is 20.7 Å². The fourth-order valence-electron chi connectivity index (χ4n) is 1.61. The van der Waals surface area contributed by atoms with Gasteiger partial charge in [0, 0.05) is 5.02 Å². The third kappa shape index (κ3) is 4.35. The fourth-order valence-corrected chi connectivity index (χ4v) is 2.79. The van der Waals surface area contributed by atoms with Crippen LogP contribution in [0.4, 0.5) is 5.13 Å². The number of thiocarbonyl (C=S) groups is 1. The molecule has 2 rings (SSSR count). The molecule has 1 aromatic heterocycles. The standard InChI is InChI=1S/C14H12ClN3OS2/c1-8-12(21-14(17-8)18-13(16)20)11(19)7-4-9-2-5-10(15)6-3-9/h2-7H,1H3,(H3,16,17,18,20)/b7-4+. The number of nitrogens with zero attached hydrogens (tertiary/aromatic N) is 1. The Kier molecular flexibility index (Phi) is 5.06. The number of nitrogens with two attached hydrogens (primary N) is 1. The number of carbonyl (C=O) groups excluding carboxylic acids is 1. The van der Waals surface area contributed by atoms with Crippen LogP contribution in [0.1, 0.15) is 20.9 Å². The molecule has 0 saturated heterocycles. The molecule has 1 heterocycles. The van der Waals surface area contributed by atoms with E-state index in [9.17, 15) is 4.79 Å². The third-order valence-corrected chi connectivity index (χ3v) is 3.99. The molecule has 0 amide bonds. The zero-order valence-electron chi connectivity index (χ0n) is 11.1. The van der Waals surface area contributed by atoms with Gasteiger partial charge in [0.15, 0.2) is 16.0 Å². The van der Waals surface area contributed by atoms with Crippen LogP contribution in [0, 0.1) is 6.92 Å². The smallest absolute Gasteiger partial charge is 0.197 e. The second kappa shape index (κ2) is 6.80. The number of ketones is 1. The van der Waals surface area contributed by atoms with Crippen LogP contribution in [-0.2, 0) is 0 Å². The molecule has 0 aliphatic rings. The van der Waals surface area contributed by atoms with Crippen molar-refractivity contribution in [3.05, 3.63) is 51.5 Å². The van der Waals surface area contributed by atoms with Crippen LogP contribution >= 0.6 is 35.2 Å². The maximum Gasteiger partial charge on any atom is 0.197 e. The molecule has 1 aromatic carbocycles. The van der Waals surface area contributed by atoms with E-state index in [1.165, 1.54) is 17.4 Å². The fraction of sp³-hybridized carbons (Fsp3) is 0.0714. The lowest BCUT2D eigenvalue weighted by atomic mass is 10.2. The van der Waals surface area contributed by atoms with E-state index in [1.54, 1.807) is 25.1 Å². The number of aromatic nitrogens is 1. The molecule has 4 nitrogen and oxygen atoms in total. The van der Waals surface area contributed by atoms with Crippen molar-refractivity contribution in [2.24, 2.45) is 5.73 Å². The highest BCUT2D eigenvalue weighted by molar-refractivity contribution is 7.80. The highest BCUT2D eigenvalue weighted by Gasteiger charge is 2.13. The van der Waals surface area contributed by atoms with Crippen LogP contribution in [-0.4, -0.2) is 15.9 Å². The number of benzene rings is 1. The molecule has 0 saturated carbocycles. The van der Waals surface area contributed by atoms with Crippen molar-refractivity contribution in [2.75, 3.05) is 5.32 Å². The number of halogens is 1. The van der Waals surface area contributed by atoms with E-state index in [2.05, 4.69) is 10.3 Å². The van der Waals surface area contributed by atoms with Crippen molar-refractivity contribution in [3.63, 3.8) is 0 Å². The Bertz CT molecular complexity index is 708. The minimum atomic E-state index is -0.115. The predicted octanol–water partition coefficient (Wildman–Crippen LogP) is 3.66. The van der Waals surface area contributed by atoms with Gasteiger partial charge in [0.2, 0.25) is 0 Å². The third-order valence-electron chi connectivity index (χ3n) is 2.55. The average Bonchev–Trinajstić information content (AvgIpc) is 2.77. The molecule has 7 heteroatoms. The Morgan fingerprint density at radius 1 is 1.43 bits per heavy atom. The number of hydrogen-bond acceptors (Lipinski definition) is 4. The van der Waals surface area contributed by atoms with Crippen LogP contribution in [0.25, 0.3) is 6.08 Å². The van der Waals surface area contributed by atoms with Crippen molar-refractivity contribution < 1.29 is 4.79 Å². The van der Waals surface area contributed by atoms with Gasteiger partial charge in [-0.2, -0.15) is 0 Å². The summed E-state index contributed by atoms with van der Waals surface area (Å²) in [7, 11) is 0. The summed E-state index contributed by atoms with van der Waals surface area (Å²) in [6.45, 7) is 1.77. The first-order chi connectivity index (χ1) is 9.95. The quantitative estimate of drug-likeness (QED) is 0.506. The zero-order chi connectivity index (χ0) is 15.4. The molecule has 3 N–H and O–H groups in total. The lowest BCUT2D eigenvalue weighted by molar-refractivity contribution is 0.105. The largest absolute Gasteiger partial charge is 0.376 e. The van der Waals surface area contributed by atoms with Gasteiger partial charge in [-0.3, -0.25) is 4.79 Å². The molecular weight excluding hydrogens is 326 g/mol. The van der Waals surface area contributed by atoms with Crippen LogP contribution in [0.15, 0.2) is 30.3 Å². The summed E-state index contributed by atoms with van der Waals surface area (Å²) < 4.78 is 0. The van der Waals surface area contributed by atoms with Gasteiger partial charge in [-0.05, 0) is 42.9 Å². The van der Waals surface area contributed by atoms with Crippen LogP contribution in [0.2, 0.25) is 5.02 Å². The molecule has 0 spiro atoms. The van der Waals surface area contributed by atoms with Gasteiger partial charge in [-0.1, -0.05) is 41.1 Å². The van der Waals surface area contributed by atoms with E-state index in [4.69, 9.17) is 29.6 Å². The van der Waals surface area contributed by atoms with Crippen molar-refractivity contribution in [1.29, 1.82) is 0 Å². The molecule has 0 aliphatic heterocycles. The summed E-state index contributed by atoms with van der Waals surface area (Å²) in [4.78, 5) is 16.9. The normalized spacial score (nSPS) is 10.8. The van der Waals surface area contributed by atoms with Gasteiger partial charge in [0.05, 0.1) is 10.6 Å². The molecule has 0 fully saturated rings. The second-order valence-corrected chi connectivity index (χ2v) is 6.05. The number of thiazole rings is 1. The monoisotopic (exact) mass is 337 g/mol. The lowest BCUT2D eigenvalue weighted by Crippen LogP contribution is -2.18. The molecule has 0 radical (unpaired) electrons. The highest BCUT2D eigenvalue weighted by Crippen LogP contribution is 2.23. The average molecular weight is 338 g/mol. The summed E-state index contributed by atoms with van der Waals surface area (Å²) in [6, 6.07) is 7.22. The van der Waals surface area contributed by atoms with Crippen molar-refractivity contribution >= 4 is 57.3 Å². The molecular formula is C14H12ClN3OS2. The summed E-state index contributed by atoms with van der Waals surface area (Å²) in [6.07, 6.45) is 3.24. The van der Waals surface area contributed by atoms with E-state index >= 15 is 0 Å². The first kappa shape index (κ1) is 15.6. The molecule has 108 valence electrons. The number of hydrogen-bond donors (Lipinski definition) is 2. The number of anilines is 1. The predicted molar refractivity (Wildman–Crippen MR) is 92.1 cm³/mol. The molecule has 21 heavy (non-hydrogen) atoms. The molecule has 0 unspecified atom stereocenters. The first-order valence-corrected chi connectivity index (χ1v) is 7.58. The van der Waals surface area contributed by atoms with E-state index in [0.717, 1.165) is 5.56 Å². The summed E-state index contributed by atoms with van der Waals surface area (Å²) in [5, 5.41) is 4.03. The van der Waals surface area contributed by atoms with Crippen LogP contribution in [0.3, 0.4) is 0 Å². The number of rotatable bonds is 4. The Hall–Kier alpha value is -1.76. The molecule has 2 aromatic rings. The minimum Gasteiger partial charge on any atom is -0.376 e. The van der Waals surface area contributed by atoms with Gasteiger partial charge >= 0.3 is 0 Å². The first-order valence-electron chi connectivity index (χ1n) is 5.97. The second-order valence-electron chi connectivity index (χ2n) is 4.17. The highest BCUT2D eigenvalue weighted by atomic mass is 35.5. The van der Waals surface area contributed by atoms with Crippen molar-refractivity contribution in [3.8, 4) is 0 Å². The number of carbonyl (C=O) groups is 1. The van der Waals surface area contributed by atoms with Crippen LogP contribution in [0.5, 0.6) is 0 Å². The van der Waals surface area contributed by atoms with Gasteiger partial charge in [0.25, 0.3) is 0 Å². The van der Waals surface area contributed by atoms with Gasteiger partial charge in [-0.25, -0.2) is 4.98 Å². The Morgan fingerprint density at radius 2 is 2.10 bits per heavy atom. The minimum absolute atomic E-state index is 0.115. The summed E-state index contributed by atoms with van der Waals surface area (Å²) in [5.41, 5.74) is 6.93. The summed E-state index contributed by atoms with van der Waals surface area (Å²) in [5.74, 6) is -0.115. The molecule has 0 bridgehead atoms. The summed E-state index contributed by atoms with van der Waals surface area (Å²) >= 11 is 11.8. The van der Waals surface area contributed by atoms with E-state index in [-0.39, 0.29) is 10.9 Å². The molecule has 0 aliphatic carbocycles. The Balaban J connectivity index is 2.14. The Morgan fingerprint density at radius 3 is 2.71 bits per heavy atom. The maximum absolute atomic E-state index is 12.2. The van der Waals surface area contributed by atoms with Gasteiger partial charge in [-0.15, -0.1) is 0 Å². The topological polar surface area (TPSA) is 68.0 Å². The SMILES string of the molecule is Cc1nc(NC(N)=S)sc1C(=O)/C=C/c1ccc(Cl)cc1.